The summed E-state index contributed by atoms with van der Waals surface area (Å²) < 4.78 is 22.7. The van der Waals surface area contributed by atoms with Crippen LogP contribution in [-0.2, 0) is 21.4 Å². The smallest absolute Gasteiger partial charge is 0.238 e. The van der Waals surface area contributed by atoms with Gasteiger partial charge in [-0.15, -0.1) is 0 Å². The van der Waals surface area contributed by atoms with Gasteiger partial charge in [-0.05, 0) is 37.5 Å². The van der Waals surface area contributed by atoms with Gasteiger partial charge < -0.3 is 15.5 Å². The minimum Gasteiger partial charge on any atom is -0.357 e. The Kier molecular flexibility index (Phi) is 7.42. The molecule has 0 heterocycles. The zero-order valence-electron chi connectivity index (χ0n) is 16.9. The van der Waals surface area contributed by atoms with Crippen LogP contribution in [0.3, 0.4) is 0 Å². The molecule has 1 fully saturated rings. The van der Waals surface area contributed by atoms with E-state index in [-0.39, 0.29) is 16.2 Å². The van der Waals surface area contributed by atoms with Crippen LogP contribution in [-0.4, -0.2) is 52.4 Å². The SMILES string of the molecule is CCNC(=NCc1ccc(S(N)(=O)=O)cc1)NCC1(C(=O)N(C)C)CCCC1. The Bertz CT molecular complexity index is 797. The van der Waals surface area contributed by atoms with E-state index in [0.29, 0.717) is 25.6 Å². The minimum absolute atomic E-state index is 0.0793. The molecule has 1 aliphatic rings. The molecule has 0 aliphatic heterocycles. The van der Waals surface area contributed by atoms with Gasteiger partial charge in [0.25, 0.3) is 0 Å². The third-order valence-corrected chi connectivity index (χ3v) is 5.96. The van der Waals surface area contributed by atoms with Crippen molar-refractivity contribution in [2.75, 3.05) is 27.2 Å². The summed E-state index contributed by atoms with van der Waals surface area (Å²) in [6.07, 6.45) is 3.88. The largest absolute Gasteiger partial charge is 0.357 e. The molecule has 1 amide bonds. The highest BCUT2D eigenvalue weighted by Crippen LogP contribution is 2.38. The number of carbonyl (C=O) groups is 1. The van der Waals surface area contributed by atoms with Crippen molar-refractivity contribution < 1.29 is 13.2 Å². The van der Waals surface area contributed by atoms with Gasteiger partial charge in [-0.3, -0.25) is 4.79 Å². The van der Waals surface area contributed by atoms with Crippen molar-refractivity contribution in [3.63, 3.8) is 0 Å². The van der Waals surface area contributed by atoms with Gasteiger partial charge >= 0.3 is 0 Å². The highest BCUT2D eigenvalue weighted by Gasteiger charge is 2.42. The summed E-state index contributed by atoms with van der Waals surface area (Å²) in [6.45, 7) is 3.61. The number of nitrogens with one attached hydrogen (secondary N) is 2. The number of nitrogens with two attached hydrogens (primary N) is 1. The fourth-order valence-corrected chi connectivity index (χ4v) is 4.06. The number of sulfonamides is 1. The molecule has 1 aromatic rings. The maximum atomic E-state index is 12.7. The van der Waals surface area contributed by atoms with E-state index in [1.807, 2.05) is 6.92 Å². The van der Waals surface area contributed by atoms with Crippen molar-refractivity contribution in [3.05, 3.63) is 29.8 Å². The number of nitrogens with zero attached hydrogens (tertiary/aromatic N) is 2. The Labute approximate surface area is 167 Å². The van der Waals surface area contributed by atoms with Gasteiger partial charge in [0.1, 0.15) is 0 Å². The minimum atomic E-state index is -3.70. The number of hydrogen-bond donors (Lipinski definition) is 3. The molecular weight excluding hydrogens is 378 g/mol. The first-order valence-electron chi connectivity index (χ1n) is 9.53. The molecule has 0 atom stereocenters. The lowest BCUT2D eigenvalue weighted by Gasteiger charge is -2.31. The molecule has 4 N–H and O–H groups in total. The van der Waals surface area contributed by atoms with E-state index >= 15 is 0 Å². The Hall–Kier alpha value is -2.13. The number of rotatable bonds is 7. The van der Waals surface area contributed by atoms with Crippen LogP contribution in [0.1, 0.15) is 38.2 Å². The van der Waals surface area contributed by atoms with Gasteiger partial charge in [0.2, 0.25) is 15.9 Å². The van der Waals surface area contributed by atoms with E-state index in [4.69, 9.17) is 5.14 Å². The highest BCUT2D eigenvalue weighted by molar-refractivity contribution is 7.89. The predicted octanol–water partition coefficient (Wildman–Crippen LogP) is 1.04. The van der Waals surface area contributed by atoms with Gasteiger partial charge in [-0.1, -0.05) is 25.0 Å². The van der Waals surface area contributed by atoms with Gasteiger partial charge in [-0.25, -0.2) is 18.5 Å². The molecule has 2 rings (SSSR count). The average molecular weight is 410 g/mol. The van der Waals surface area contributed by atoms with Crippen LogP contribution < -0.4 is 15.8 Å². The first-order valence-corrected chi connectivity index (χ1v) is 11.1. The van der Waals surface area contributed by atoms with Crippen molar-refractivity contribution in [2.24, 2.45) is 15.5 Å². The fraction of sp³-hybridized carbons (Fsp3) is 0.579. The second-order valence-corrected chi connectivity index (χ2v) is 8.99. The molecular formula is C19H31N5O3S. The number of benzene rings is 1. The molecule has 0 unspecified atom stereocenters. The molecule has 1 aromatic carbocycles. The van der Waals surface area contributed by atoms with Crippen LogP contribution in [0.2, 0.25) is 0 Å². The quantitative estimate of drug-likeness (QED) is 0.459. The van der Waals surface area contributed by atoms with E-state index in [1.165, 1.54) is 12.1 Å². The zero-order valence-corrected chi connectivity index (χ0v) is 17.7. The summed E-state index contributed by atoms with van der Waals surface area (Å²) in [5.74, 6) is 0.794. The monoisotopic (exact) mass is 409 g/mol. The third kappa shape index (κ3) is 5.68. The summed E-state index contributed by atoms with van der Waals surface area (Å²) in [4.78, 5) is 19.0. The van der Waals surface area contributed by atoms with E-state index < -0.39 is 10.0 Å². The maximum absolute atomic E-state index is 12.7. The Morgan fingerprint density at radius 3 is 2.29 bits per heavy atom. The highest BCUT2D eigenvalue weighted by atomic mass is 32.2. The van der Waals surface area contributed by atoms with Crippen molar-refractivity contribution in [1.82, 2.24) is 15.5 Å². The van der Waals surface area contributed by atoms with Gasteiger partial charge in [0.15, 0.2) is 5.96 Å². The molecule has 0 aromatic heterocycles. The Morgan fingerprint density at radius 2 is 1.79 bits per heavy atom. The molecule has 0 saturated heterocycles. The number of hydrogen-bond acceptors (Lipinski definition) is 4. The predicted molar refractivity (Wildman–Crippen MR) is 110 cm³/mol. The summed E-state index contributed by atoms with van der Waals surface area (Å²) >= 11 is 0. The van der Waals surface area contributed by atoms with Crippen molar-refractivity contribution in [2.45, 2.75) is 44.0 Å². The Morgan fingerprint density at radius 1 is 1.18 bits per heavy atom. The summed E-state index contributed by atoms with van der Waals surface area (Å²) in [5, 5.41) is 11.6. The summed E-state index contributed by atoms with van der Waals surface area (Å²) in [5.41, 5.74) is 0.487. The van der Waals surface area contributed by atoms with Gasteiger partial charge in [-0.2, -0.15) is 0 Å². The number of aliphatic imine (C=N–C) groups is 1. The summed E-state index contributed by atoms with van der Waals surface area (Å²) in [6, 6.07) is 6.34. The fourth-order valence-electron chi connectivity index (χ4n) is 3.54. The second-order valence-electron chi connectivity index (χ2n) is 7.42. The van der Waals surface area contributed by atoms with E-state index in [9.17, 15) is 13.2 Å². The van der Waals surface area contributed by atoms with E-state index in [2.05, 4.69) is 15.6 Å². The topological polar surface area (TPSA) is 117 Å². The molecule has 0 spiro atoms. The first-order chi connectivity index (χ1) is 13.2. The summed E-state index contributed by atoms with van der Waals surface area (Å²) in [7, 11) is -0.0991. The molecule has 1 aliphatic carbocycles. The molecule has 9 heteroatoms. The second kappa shape index (κ2) is 9.38. The van der Waals surface area contributed by atoms with Crippen molar-refractivity contribution >= 4 is 21.9 Å². The number of primary sulfonamides is 1. The normalized spacial score (nSPS) is 16.6. The molecule has 0 radical (unpaired) electrons. The maximum Gasteiger partial charge on any atom is 0.238 e. The van der Waals surface area contributed by atoms with Crippen LogP contribution in [0.25, 0.3) is 0 Å². The van der Waals surface area contributed by atoms with Crippen LogP contribution in [0.15, 0.2) is 34.2 Å². The standard InChI is InChI=1S/C19H31N5O3S/c1-4-21-18(22-13-15-7-9-16(10-8-15)28(20,26)27)23-14-19(11-5-6-12-19)17(25)24(2)3/h7-10H,4-6,11-14H2,1-3H3,(H2,20,26,27)(H2,21,22,23). The molecule has 8 nitrogen and oxygen atoms in total. The molecule has 1 saturated carbocycles. The molecule has 156 valence electrons. The zero-order chi connectivity index (χ0) is 20.8. The van der Waals surface area contributed by atoms with Crippen LogP contribution in [0.4, 0.5) is 0 Å². The van der Waals surface area contributed by atoms with Crippen LogP contribution >= 0.6 is 0 Å². The van der Waals surface area contributed by atoms with E-state index in [0.717, 1.165) is 31.2 Å². The first kappa shape index (κ1) is 22.2. The molecule has 0 bridgehead atoms. The lowest BCUT2D eigenvalue weighted by Crippen LogP contribution is -2.49. The van der Waals surface area contributed by atoms with E-state index in [1.54, 1.807) is 31.1 Å². The lowest BCUT2D eigenvalue weighted by molar-refractivity contribution is -0.138. The van der Waals surface area contributed by atoms with Crippen molar-refractivity contribution in [1.29, 1.82) is 0 Å². The van der Waals surface area contributed by atoms with Crippen LogP contribution in [0.5, 0.6) is 0 Å². The lowest BCUT2D eigenvalue weighted by atomic mass is 9.84. The van der Waals surface area contributed by atoms with Crippen LogP contribution in [0, 0.1) is 5.41 Å². The number of carbonyl (C=O) groups excluding carboxylic acids is 1. The number of amides is 1. The van der Waals surface area contributed by atoms with Crippen molar-refractivity contribution in [3.8, 4) is 0 Å². The van der Waals surface area contributed by atoms with Gasteiger partial charge in [0, 0.05) is 27.2 Å². The molecule has 28 heavy (non-hydrogen) atoms. The number of guanidine groups is 1. The average Bonchev–Trinajstić information content (AvgIpc) is 3.13. The third-order valence-electron chi connectivity index (χ3n) is 5.03. The van der Waals surface area contributed by atoms with Gasteiger partial charge in [0.05, 0.1) is 16.9 Å². The Balaban J connectivity index is 2.06.